The number of carbonyl (C=O) groups is 1. The minimum atomic E-state index is -0.447. The van der Waals surface area contributed by atoms with Crippen LogP contribution in [0.3, 0.4) is 0 Å². The van der Waals surface area contributed by atoms with Gasteiger partial charge in [0.2, 0.25) is 0 Å². The molecule has 0 aliphatic carbocycles. The van der Waals surface area contributed by atoms with Crippen LogP contribution < -0.4 is 5.32 Å². The number of amides is 1. The van der Waals surface area contributed by atoms with E-state index in [0.29, 0.717) is 16.3 Å². The van der Waals surface area contributed by atoms with Crippen molar-refractivity contribution in [3.63, 3.8) is 0 Å². The molecule has 112 valence electrons. The number of rotatable bonds is 3. The summed E-state index contributed by atoms with van der Waals surface area (Å²) >= 11 is 8.82. The summed E-state index contributed by atoms with van der Waals surface area (Å²) in [5, 5.41) is 5.62. The number of thiazole rings is 1. The van der Waals surface area contributed by atoms with Crippen LogP contribution in [0.15, 0.2) is 35.7 Å². The molecule has 2 aromatic heterocycles. The number of carbonyl (C=O) groups excluding carboxylic acids is 1. The molecule has 0 aliphatic rings. The number of anilines is 1. The van der Waals surface area contributed by atoms with Crippen molar-refractivity contribution in [2.45, 2.75) is 6.92 Å². The Bertz CT molecular complexity index is 830. The van der Waals surface area contributed by atoms with Gasteiger partial charge in [0.1, 0.15) is 15.7 Å². The number of halogens is 2. The summed E-state index contributed by atoms with van der Waals surface area (Å²) in [4.78, 5) is 18.3. The maximum Gasteiger partial charge on any atom is 0.267 e. The van der Waals surface area contributed by atoms with Gasteiger partial charge in [0.05, 0.1) is 21.3 Å². The van der Waals surface area contributed by atoms with Gasteiger partial charge in [0.25, 0.3) is 5.91 Å². The fraction of sp³-hybridized carbons (Fsp3) is 0.0667. The van der Waals surface area contributed by atoms with Crippen LogP contribution in [0.4, 0.5) is 10.1 Å². The molecule has 1 aromatic carbocycles. The van der Waals surface area contributed by atoms with E-state index in [4.69, 9.17) is 11.6 Å². The van der Waals surface area contributed by atoms with Gasteiger partial charge >= 0.3 is 0 Å². The second-order valence-electron chi connectivity index (χ2n) is 4.49. The number of aromatic nitrogens is 1. The summed E-state index contributed by atoms with van der Waals surface area (Å²) in [5.41, 5.74) is 1.03. The third-order valence-corrected chi connectivity index (χ3v) is 5.42. The van der Waals surface area contributed by atoms with Crippen LogP contribution >= 0.6 is 34.3 Å². The number of hydrogen-bond acceptors (Lipinski definition) is 4. The van der Waals surface area contributed by atoms with Crippen molar-refractivity contribution >= 4 is 45.9 Å². The third-order valence-electron chi connectivity index (χ3n) is 2.91. The molecular formula is C15H10ClFN2OS2. The van der Waals surface area contributed by atoms with Gasteiger partial charge in [-0.15, -0.1) is 22.7 Å². The van der Waals surface area contributed by atoms with Gasteiger partial charge in [0, 0.05) is 0 Å². The van der Waals surface area contributed by atoms with E-state index in [0.717, 1.165) is 16.0 Å². The maximum absolute atomic E-state index is 13.0. The van der Waals surface area contributed by atoms with E-state index < -0.39 is 5.82 Å². The summed E-state index contributed by atoms with van der Waals surface area (Å²) in [6.45, 7) is 1.79. The number of hydrogen-bond donors (Lipinski definition) is 1. The molecule has 0 saturated heterocycles. The lowest BCUT2D eigenvalue weighted by Crippen LogP contribution is -2.11. The lowest BCUT2D eigenvalue weighted by molar-refractivity contribution is 0.103. The predicted molar refractivity (Wildman–Crippen MR) is 89.5 cm³/mol. The van der Waals surface area contributed by atoms with Crippen molar-refractivity contribution in [2.24, 2.45) is 0 Å². The molecule has 3 aromatic rings. The Kier molecular flexibility index (Phi) is 4.24. The zero-order valence-corrected chi connectivity index (χ0v) is 13.8. The molecule has 1 amide bonds. The summed E-state index contributed by atoms with van der Waals surface area (Å²) in [6.07, 6.45) is 0. The summed E-state index contributed by atoms with van der Waals surface area (Å²) in [7, 11) is 0. The molecule has 0 aliphatic heterocycles. The van der Waals surface area contributed by atoms with Crippen molar-refractivity contribution in [3.8, 4) is 9.88 Å². The lowest BCUT2D eigenvalue weighted by atomic mass is 10.3. The van der Waals surface area contributed by atoms with Crippen LogP contribution in [0.25, 0.3) is 9.88 Å². The van der Waals surface area contributed by atoms with E-state index in [-0.39, 0.29) is 10.9 Å². The number of benzene rings is 1. The fourth-order valence-corrected chi connectivity index (χ4v) is 3.86. The second-order valence-corrected chi connectivity index (χ2v) is 6.84. The van der Waals surface area contributed by atoms with Gasteiger partial charge < -0.3 is 5.32 Å². The van der Waals surface area contributed by atoms with Crippen LogP contribution in [0.2, 0.25) is 5.02 Å². The van der Waals surface area contributed by atoms with E-state index in [1.165, 1.54) is 23.5 Å². The normalized spacial score (nSPS) is 10.7. The monoisotopic (exact) mass is 352 g/mol. The Labute approximate surface area is 139 Å². The second kappa shape index (κ2) is 6.16. The first-order chi connectivity index (χ1) is 10.5. The van der Waals surface area contributed by atoms with Crippen LogP contribution in [0.5, 0.6) is 0 Å². The van der Waals surface area contributed by atoms with Crippen LogP contribution in [0.1, 0.15) is 15.4 Å². The molecular weight excluding hydrogens is 343 g/mol. The quantitative estimate of drug-likeness (QED) is 0.701. The van der Waals surface area contributed by atoms with Gasteiger partial charge in [-0.1, -0.05) is 17.7 Å². The summed E-state index contributed by atoms with van der Waals surface area (Å²) in [6, 6.07) is 7.74. The summed E-state index contributed by atoms with van der Waals surface area (Å²) < 4.78 is 13.0. The van der Waals surface area contributed by atoms with Crippen molar-refractivity contribution in [1.29, 1.82) is 0 Å². The molecule has 0 fully saturated rings. The maximum atomic E-state index is 13.0. The van der Waals surface area contributed by atoms with Crippen LogP contribution in [0, 0.1) is 12.7 Å². The van der Waals surface area contributed by atoms with Crippen LogP contribution in [-0.4, -0.2) is 10.9 Å². The number of thiophene rings is 1. The van der Waals surface area contributed by atoms with Gasteiger partial charge in [-0.05, 0) is 36.6 Å². The molecule has 3 nitrogen and oxygen atoms in total. The van der Waals surface area contributed by atoms with Crippen molar-refractivity contribution < 1.29 is 9.18 Å². The predicted octanol–water partition coefficient (Wildman–Crippen LogP) is 5.22. The molecule has 0 unspecified atom stereocenters. The molecule has 7 heteroatoms. The molecule has 0 spiro atoms. The highest BCUT2D eigenvalue weighted by atomic mass is 35.5. The van der Waals surface area contributed by atoms with Crippen molar-refractivity contribution in [1.82, 2.24) is 4.98 Å². The molecule has 2 heterocycles. The molecule has 0 saturated carbocycles. The van der Waals surface area contributed by atoms with E-state index in [1.807, 2.05) is 17.5 Å². The van der Waals surface area contributed by atoms with Gasteiger partial charge in [0.15, 0.2) is 0 Å². The highest BCUT2D eigenvalue weighted by Crippen LogP contribution is 2.32. The van der Waals surface area contributed by atoms with Crippen molar-refractivity contribution in [2.75, 3.05) is 5.32 Å². The number of nitrogens with zero attached hydrogens (tertiary/aromatic N) is 1. The highest BCUT2D eigenvalue weighted by Gasteiger charge is 2.17. The third kappa shape index (κ3) is 3.04. The average molecular weight is 353 g/mol. The molecule has 0 atom stereocenters. The first-order valence-corrected chi connectivity index (χ1v) is 8.39. The largest absolute Gasteiger partial charge is 0.320 e. The molecule has 22 heavy (non-hydrogen) atoms. The Balaban J connectivity index is 1.86. The Morgan fingerprint density at radius 1 is 1.36 bits per heavy atom. The Hall–Kier alpha value is -1.76. The number of nitrogens with one attached hydrogen (secondary N) is 1. The van der Waals surface area contributed by atoms with Gasteiger partial charge in [-0.3, -0.25) is 4.79 Å². The van der Waals surface area contributed by atoms with E-state index >= 15 is 0 Å². The van der Waals surface area contributed by atoms with E-state index in [1.54, 1.807) is 18.3 Å². The molecule has 3 rings (SSSR count). The molecule has 0 bridgehead atoms. The SMILES string of the molecule is Cc1nc(-c2cccs2)sc1C(=O)Nc1ccc(F)cc1Cl. The van der Waals surface area contributed by atoms with E-state index in [2.05, 4.69) is 10.3 Å². The Morgan fingerprint density at radius 3 is 2.86 bits per heavy atom. The fourth-order valence-electron chi connectivity index (χ4n) is 1.88. The minimum absolute atomic E-state index is 0.161. The molecule has 1 N–H and O–H groups in total. The van der Waals surface area contributed by atoms with Gasteiger partial charge in [-0.2, -0.15) is 0 Å². The summed E-state index contributed by atoms with van der Waals surface area (Å²) in [5.74, 6) is -0.747. The first kappa shape index (κ1) is 15.1. The van der Waals surface area contributed by atoms with E-state index in [9.17, 15) is 9.18 Å². The van der Waals surface area contributed by atoms with Crippen molar-refractivity contribution in [3.05, 3.63) is 57.1 Å². The Morgan fingerprint density at radius 2 is 2.18 bits per heavy atom. The average Bonchev–Trinajstić information content (AvgIpc) is 3.10. The lowest BCUT2D eigenvalue weighted by Gasteiger charge is -2.06. The number of aryl methyl sites for hydroxylation is 1. The molecule has 0 radical (unpaired) electrons. The first-order valence-electron chi connectivity index (χ1n) is 6.32. The zero-order chi connectivity index (χ0) is 15.7. The minimum Gasteiger partial charge on any atom is -0.320 e. The zero-order valence-electron chi connectivity index (χ0n) is 11.4. The topological polar surface area (TPSA) is 42.0 Å². The smallest absolute Gasteiger partial charge is 0.267 e. The van der Waals surface area contributed by atoms with Crippen LogP contribution in [-0.2, 0) is 0 Å². The highest BCUT2D eigenvalue weighted by molar-refractivity contribution is 7.22. The standard InChI is InChI=1S/C15H10ClFN2OS2/c1-8-13(22-15(18-8)12-3-2-6-21-12)14(20)19-11-5-4-9(17)7-10(11)16/h2-7H,1H3,(H,19,20). The van der Waals surface area contributed by atoms with Gasteiger partial charge in [-0.25, -0.2) is 9.37 Å².